The highest BCUT2D eigenvalue weighted by atomic mass is 16.5. The van der Waals surface area contributed by atoms with Crippen LogP contribution in [0.15, 0.2) is 24.3 Å². The standard InChI is InChI=1S/C21H30N2O5/c1-4-5-12-23-18(24)11-10-16(21(27)22-14(2)13-19(25)26)20(23)15-8-6-7-9-17(15)28-3/h6-9,14,16,20H,4-5,10-13H2,1-3H3,(H,22,27)(H,25,26). The van der Waals surface area contributed by atoms with Gasteiger partial charge in [-0.2, -0.15) is 0 Å². The van der Waals surface area contributed by atoms with E-state index in [0.717, 1.165) is 18.4 Å². The number of para-hydroxylation sites is 1. The lowest BCUT2D eigenvalue weighted by Crippen LogP contribution is -2.50. The van der Waals surface area contributed by atoms with Crippen molar-refractivity contribution in [2.75, 3.05) is 13.7 Å². The van der Waals surface area contributed by atoms with Crippen molar-refractivity contribution in [3.05, 3.63) is 29.8 Å². The fourth-order valence-corrected chi connectivity index (χ4v) is 3.78. The van der Waals surface area contributed by atoms with Crippen LogP contribution >= 0.6 is 0 Å². The highest BCUT2D eigenvalue weighted by molar-refractivity contribution is 5.85. The van der Waals surface area contributed by atoms with Crippen LogP contribution in [0.4, 0.5) is 0 Å². The number of hydrogen-bond acceptors (Lipinski definition) is 4. The molecule has 3 unspecified atom stereocenters. The number of piperidine rings is 1. The van der Waals surface area contributed by atoms with Crippen molar-refractivity contribution in [1.29, 1.82) is 0 Å². The van der Waals surface area contributed by atoms with E-state index in [2.05, 4.69) is 12.2 Å². The van der Waals surface area contributed by atoms with E-state index in [0.29, 0.717) is 25.1 Å². The van der Waals surface area contributed by atoms with E-state index in [4.69, 9.17) is 9.84 Å². The molecule has 2 amide bonds. The molecule has 28 heavy (non-hydrogen) atoms. The normalized spacial score (nSPS) is 20.5. The lowest BCUT2D eigenvalue weighted by Gasteiger charge is -2.41. The molecule has 0 radical (unpaired) electrons. The van der Waals surface area contributed by atoms with Gasteiger partial charge in [0.1, 0.15) is 5.75 Å². The number of ether oxygens (including phenoxy) is 1. The molecule has 0 aromatic heterocycles. The molecular weight excluding hydrogens is 360 g/mol. The van der Waals surface area contributed by atoms with Crippen molar-refractivity contribution in [2.24, 2.45) is 5.92 Å². The average molecular weight is 390 g/mol. The Morgan fingerprint density at radius 1 is 1.36 bits per heavy atom. The first-order chi connectivity index (χ1) is 13.4. The van der Waals surface area contributed by atoms with E-state index >= 15 is 0 Å². The maximum absolute atomic E-state index is 13.0. The molecule has 7 heteroatoms. The van der Waals surface area contributed by atoms with Crippen molar-refractivity contribution < 1.29 is 24.2 Å². The third-order valence-electron chi connectivity index (χ3n) is 5.12. The van der Waals surface area contributed by atoms with Gasteiger partial charge in [-0.15, -0.1) is 0 Å². The van der Waals surface area contributed by atoms with Crippen molar-refractivity contribution in [3.8, 4) is 5.75 Å². The Hall–Kier alpha value is -2.57. The Labute approximate surface area is 166 Å². The van der Waals surface area contributed by atoms with Crippen LogP contribution in [0.5, 0.6) is 5.75 Å². The van der Waals surface area contributed by atoms with Crippen LogP contribution in [-0.4, -0.2) is 47.5 Å². The summed E-state index contributed by atoms with van der Waals surface area (Å²) >= 11 is 0. The number of carbonyl (C=O) groups is 3. The molecule has 7 nitrogen and oxygen atoms in total. The van der Waals surface area contributed by atoms with Crippen LogP contribution < -0.4 is 10.1 Å². The summed E-state index contributed by atoms with van der Waals surface area (Å²) in [7, 11) is 1.57. The molecule has 154 valence electrons. The van der Waals surface area contributed by atoms with E-state index in [-0.39, 0.29) is 18.2 Å². The lowest BCUT2D eigenvalue weighted by atomic mass is 9.82. The van der Waals surface area contributed by atoms with Gasteiger partial charge in [-0.25, -0.2) is 0 Å². The van der Waals surface area contributed by atoms with Gasteiger partial charge in [0.2, 0.25) is 11.8 Å². The number of rotatable bonds is 9. The van der Waals surface area contributed by atoms with Gasteiger partial charge in [-0.3, -0.25) is 14.4 Å². The first kappa shape index (κ1) is 21.7. The van der Waals surface area contributed by atoms with Gasteiger partial charge in [0.05, 0.1) is 25.5 Å². The number of benzene rings is 1. The minimum Gasteiger partial charge on any atom is -0.496 e. The number of nitrogens with one attached hydrogen (secondary N) is 1. The van der Waals surface area contributed by atoms with Gasteiger partial charge in [0, 0.05) is 24.6 Å². The fourth-order valence-electron chi connectivity index (χ4n) is 3.78. The minimum absolute atomic E-state index is 0.0343. The molecule has 1 heterocycles. The molecular formula is C21H30N2O5. The molecule has 2 rings (SSSR count). The summed E-state index contributed by atoms with van der Waals surface area (Å²) in [5.41, 5.74) is 0.806. The van der Waals surface area contributed by atoms with Crippen LogP contribution in [0.1, 0.15) is 57.6 Å². The van der Waals surface area contributed by atoms with Gasteiger partial charge in [0.15, 0.2) is 0 Å². The number of amides is 2. The molecule has 0 bridgehead atoms. The Morgan fingerprint density at radius 2 is 2.07 bits per heavy atom. The minimum atomic E-state index is -0.961. The molecule has 0 spiro atoms. The van der Waals surface area contributed by atoms with E-state index < -0.39 is 24.0 Å². The molecule has 0 saturated carbocycles. The monoisotopic (exact) mass is 390 g/mol. The second-order valence-corrected chi connectivity index (χ2v) is 7.28. The van der Waals surface area contributed by atoms with Crippen LogP contribution in [0, 0.1) is 5.92 Å². The molecule has 0 aliphatic carbocycles. The number of likely N-dealkylation sites (tertiary alicyclic amines) is 1. The Balaban J connectivity index is 2.36. The smallest absolute Gasteiger partial charge is 0.305 e. The first-order valence-corrected chi connectivity index (χ1v) is 9.83. The van der Waals surface area contributed by atoms with Crippen LogP contribution in [0.2, 0.25) is 0 Å². The number of aliphatic carboxylic acids is 1. The first-order valence-electron chi connectivity index (χ1n) is 9.83. The van der Waals surface area contributed by atoms with E-state index in [9.17, 15) is 14.4 Å². The molecule has 1 aliphatic rings. The summed E-state index contributed by atoms with van der Waals surface area (Å²) in [5, 5.41) is 11.8. The lowest BCUT2D eigenvalue weighted by molar-refractivity contribution is -0.143. The largest absolute Gasteiger partial charge is 0.496 e. The predicted molar refractivity (Wildman–Crippen MR) is 105 cm³/mol. The number of methoxy groups -OCH3 is 1. The molecule has 1 aliphatic heterocycles. The zero-order chi connectivity index (χ0) is 20.7. The Bertz CT molecular complexity index is 706. The Morgan fingerprint density at radius 3 is 2.71 bits per heavy atom. The van der Waals surface area contributed by atoms with E-state index in [1.54, 1.807) is 18.9 Å². The fraction of sp³-hybridized carbons (Fsp3) is 0.571. The third kappa shape index (κ3) is 5.24. The van der Waals surface area contributed by atoms with Crippen molar-refractivity contribution in [1.82, 2.24) is 10.2 Å². The maximum Gasteiger partial charge on any atom is 0.305 e. The summed E-state index contributed by atoms with van der Waals surface area (Å²) in [6.07, 6.45) is 2.38. The summed E-state index contributed by atoms with van der Waals surface area (Å²) in [6, 6.07) is 6.53. The number of hydrogen-bond donors (Lipinski definition) is 2. The summed E-state index contributed by atoms with van der Waals surface area (Å²) in [5.74, 6) is -0.967. The van der Waals surface area contributed by atoms with Gasteiger partial charge in [-0.05, 0) is 25.8 Å². The number of nitrogens with zero attached hydrogens (tertiary/aromatic N) is 1. The zero-order valence-electron chi connectivity index (χ0n) is 16.8. The van der Waals surface area contributed by atoms with Crippen molar-refractivity contribution >= 4 is 17.8 Å². The van der Waals surface area contributed by atoms with Crippen LogP contribution in [0.25, 0.3) is 0 Å². The van der Waals surface area contributed by atoms with Crippen molar-refractivity contribution in [2.45, 2.75) is 58.0 Å². The van der Waals surface area contributed by atoms with E-state index in [1.165, 1.54) is 0 Å². The quantitative estimate of drug-likeness (QED) is 0.676. The van der Waals surface area contributed by atoms with Gasteiger partial charge >= 0.3 is 5.97 Å². The van der Waals surface area contributed by atoms with E-state index in [1.807, 2.05) is 24.3 Å². The SMILES string of the molecule is CCCCN1C(=O)CCC(C(=O)NC(C)CC(=O)O)C1c1ccccc1OC. The molecule has 1 fully saturated rings. The van der Waals surface area contributed by atoms with Crippen LogP contribution in [0.3, 0.4) is 0 Å². The summed E-state index contributed by atoms with van der Waals surface area (Å²) in [6.45, 7) is 4.31. The summed E-state index contributed by atoms with van der Waals surface area (Å²) in [4.78, 5) is 38.4. The number of carboxylic acid groups (broad SMARTS) is 1. The molecule has 3 atom stereocenters. The van der Waals surface area contributed by atoms with Crippen molar-refractivity contribution in [3.63, 3.8) is 0 Å². The second-order valence-electron chi connectivity index (χ2n) is 7.28. The molecule has 1 aromatic carbocycles. The zero-order valence-corrected chi connectivity index (χ0v) is 16.8. The molecule has 1 saturated heterocycles. The average Bonchev–Trinajstić information content (AvgIpc) is 2.65. The Kier molecular flexibility index (Phi) is 7.84. The number of unbranched alkanes of at least 4 members (excludes halogenated alkanes) is 1. The predicted octanol–water partition coefficient (Wildman–Crippen LogP) is 2.75. The highest BCUT2D eigenvalue weighted by Crippen LogP contribution is 2.40. The van der Waals surface area contributed by atoms with Gasteiger partial charge < -0.3 is 20.1 Å². The maximum atomic E-state index is 13.0. The molecule has 1 aromatic rings. The van der Waals surface area contributed by atoms with Gasteiger partial charge in [-0.1, -0.05) is 31.5 Å². The highest BCUT2D eigenvalue weighted by Gasteiger charge is 2.41. The number of carbonyl (C=O) groups excluding carboxylic acids is 2. The topological polar surface area (TPSA) is 95.9 Å². The molecule has 2 N–H and O–H groups in total. The number of carboxylic acids is 1. The third-order valence-corrected chi connectivity index (χ3v) is 5.12. The summed E-state index contributed by atoms with van der Waals surface area (Å²) < 4.78 is 5.50. The second kappa shape index (κ2) is 10.1. The van der Waals surface area contributed by atoms with Gasteiger partial charge in [0.25, 0.3) is 0 Å². The van der Waals surface area contributed by atoms with Crippen LogP contribution in [-0.2, 0) is 14.4 Å².